The maximum atomic E-state index is 12.6. The molecule has 0 bridgehead atoms. The van der Waals surface area contributed by atoms with Gasteiger partial charge in [-0.25, -0.2) is 4.21 Å². The van der Waals surface area contributed by atoms with E-state index in [-0.39, 0.29) is 10.7 Å². The Labute approximate surface area is 146 Å². The highest BCUT2D eigenvalue weighted by atomic mass is 35.5. The van der Waals surface area contributed by atoms with Crippen LogP contribution in [0.25, 0.3) is 11.1 Å². The van der Waals surface area contributed by atoms with Crippen LogP contribution >= 0.6 is 11.6 Å². The first-order chi connectivity index (χ1) is 11.6. The van der Waals surface area contributed by atoms with Crippen LogP contribution in [-0.4, -0.2) is 9.13 Å². The van der Waals surface area contributed by atoms with Gasteiger partial charge in [0.25, 0.3) is 5.69 Å². The van der Waals surface area contributed by atoms with Gasteiger partial charge in [0.15, 0.2) is 0 Å². The van der Waals surface area contributed by atoms with Crippen LogP contribution < -0.4 is 0 Å². The fourth-order valence-corrected chi connectivity index (χ4v) is 3.54. The molecule has 0 N–H and O–H groups in total. The van der Waals surface area contributed by atoms with Crippen molar-refractivity contribution in [3.63, 3.8) is 0 Å². The Balaban J connectivity index is 1.91. The Morgan fingerprint density at radius 1 is 0.833 bits per heavy atom. The Kier molecular flexibility index (Phi) is 4.74. The van der Waals surface area contributed by atoms with Gasteiger partial charge >= 0.3 is 0 Å². The van der Waals surface area contributed by atoms with Crippen molar-refractivity contribution in [2.24, 2.45) is 0 Å². The zero-order valence-corrected chi connectivity index (χ0v) is 14.0. The smallest absolute Gasteiger partial charge is 0.258 e. The molecule has 0 radical (unpaired) electrons. The fraction of sp³-hybridized carbons (Fsp3) is 0. The first-order valence-electron chi connectivity index (χ1n) is 7.07. The number of rotatable bonds is 4. The van der Waals surface area contributed by atoms with Crippen LogP contribution in [0.4, 0.5) is 5.69 Å². The van der Waals surface area contributed by atoms with Gasteiger partial charge in [0.05, 0.1) is 20.6 Å². The second kappa shape index (κ2) is 6.95. The number of hydrogen-bond donors (Lipinski definition) is 0. The van der Waals surface area contributed by atoms with Crippen molar-refractivity contribution < 1.29 is 9.13 Å². The van der Waals surface area contributed by atoms with E-state index in [1.54, 1.807) is 12.1 Å². The molecule has 0 aliphatic carbocycles. The lowest BCUT2D eigenvalue weighted by Gasteiger charge is -2.06. The molecule has 0 aliphatic heterocycles. The summed E-state index contributed by atoms with van der Waals surface area (Å²) in [5, 5.41) is 11.0. The summed E-state index contributed by atoms with van der Waals surface area (Å²) in [7, 11) is -1.51. The summed E-state index contributed by atoms with van der Waals surface area (Å²) in [6.07, 6.45) is 0. The van der Waals surface area contributed by atoms with Gasteiger partial charge in [-0.1, -0.05) is 54.1 Å². The van der Waals surface area contributed by atoms with Crippen molar-refractivity contribution in [1.82, 2.24) is 0 Å². The highest BCUT2D eigenvalue weighted by molar-refractivity contribution is 7.85. The van der Waals surface area contributed by atoms with Gasteiger partial charge in [0, 0.05) is 11.0 Å². The van der Waals surface area contributed by atoms with Crippen molar-refractivity contribution in [3.8, 4) is 11.1 Å². The molecule has 1 atom stereocenters. The molecule has 3 aromatic carbocycles. The second-order valence-corrected chi connectivity index (χ2v) is 6.92. The number of nitrogens with zero attached hydrogens (tertiary/aromatic N) is 1. The predicted molar refractivity (Wildman–Crippen MR) is 94.7 cm³/mol. The maximum absolute atomic E-state index is 12.6. The molecule has 0 aliphatic rings. The molecule has 0 heterocycles. The van der Waals surface area contributed by atoms with E-state index in [9.17, 15) is 14.3 Å². The molecule has 0 saturated carbocycles. The van der Waals surface area contributed by atoms with Crippen LogP contribution in [0.3, 0.4) is 0 Å². The van der Waals surface area contributed by atoms with Crippen LogP contribution in [-0.2, 0) is 10.8 Å². The van der Waals surface area contributed by atoms with Gasteiger partial charge in [-0.05, 0) is 35.4 Å². The molecule has 3 rings (SSSR count). The molecule has 0 amide bonds. The van der Waals surface area contributed by atoms with Crippen molar-refractivity contribution in [2.75, 3.05) is 0 Å². The summed E-state index contributed by atoms with van der Waals surface area (Å²) in [5.41, 5.74) is 1.83. The van der Waals surface area contributed by atoms with E-state index in [1.807, 2.05) is 42.5 Å². The Hall–Kier alpha value is -2.50. The zero-order valence-electron chi connectivity index (χ0n) is 12.4. The molecule has 120 valence electrons. The Bertz CT molecular complexity index is 911. The van der Waals surface area contributed by atoms with Gasteiger partial charge in [-0.15, -0.1) is 0 Å². The van der Waals surface area contributed by atoms with Gasteiger partial charge in [0.2, 0.25) is 0 Å². The third-order valence-corrected chi connectivity index (χ3v) is 5.21. The zero-order chi connectivity index (χ0) is 17.1. The average molecular weight is 358 g/mol. The van der Waals surface area contributed by atoms with Gasteiger partial charge < -0.3 is 0 Å². The van der Waals surface area contributed by atoms with Gasteiger partial charge in [-0.3, -0.25) is 10.1 Å². The lowest BCUT2D eigenvalue weighted by atomic mass is 10.1. The van der Waals surface area contributed by atoms with Gasteiger partial charge in [-0.2, -0.15) is 0 Å². The first kappa shape index (κ1) is 16.4. The van der Waals surface area contributed by atoms with E-state index in [1.165, 1.54) is 18.2 Å². The lowest BCUT2D eigenvalue weighted by Crippen LogP contribution is -1.96. The van der Waals surface area contributed by atoms with E-state index < -0.39 is 15.7 Å². The van der Waals surface area contributed by atoms with Crippen molar-refractivity contribution in [2.45, 2.75) is 9.79 Å². The molecular formula is C18H12ClNO3S. The summed E-state index contributed by atoms with van der Waals surface area (Å²) >= 11 is 5.79. The number of benzene rings is 3. The molecule has 4 nitrogen and oxygen atoms in total. The number of nitro benzene ring substituents is 1. The van der Waals surface area contributed by atoms with E-state index >= 15 is 0 Å². The van der Waals surface area contributed by atoms with E-state index in [0.29, 0.717) is 9.79 Å². The highest BCUT2D eigenvalue weighted by Gasteiger charge is 2.16. The Morgan fingerprint density at radius 3 is 2.04 bits per heavy atom. The molecule has 24 heavy (non-hydrogen) atoms. The molecular weight excluding hydrogens is 346 g/mol. The quantitative estimate of drug-likeness (QED) is 0.483. The summed E-state index contributed by atoms with van der Waals surface area (Å²) in [6.45, 7) is 0. The average Bonchev–Trinajstić information content (AvgIpc) is 2.62. The van der Waals surface area contributed by atoms with E-state index in [0.717, 1.165) is 11.1 Å². The fourth-order valence-electron chi connectivity index (χ4n) is 2.29. The summed E-state index contributed by atoms with van der Waals surface area (Å²) in [4.78, 5) is 11.3. The third kappa shape index (κ3) is 3.37. The Morgan fingerprint density at radius 2 is 1.42 bits per heavy atom. The SMILES string of the molecule is O=[N+]([O-])c1cc(S(=O)c2ccc(-c3ccccc3)cc2)ccc1Cl. The minimum absolute atomic E-state index is 0.0279. The molecule has 3 aromatic rings. The molecule has 1 unspecified atom stereocenters. The number of hydrogen-bond acceptors (Lipinski definition) is 3. The standard InChI is InChI=1S/C18H12ClNO3S/c19-17-11-10-16(12-18(17)20(21)22)24(23)15-8-6-14(7-9-15)13-4-2-1-3-5-13/h1-12H. The minimum atomic E-state index is -1.51. The summed E-state index contributed by atoms with van der Waals surface area (Å²) < 4.78 is 12.6. The molecule has 0 spiro atoms. The van der Waals surface area contributed by atoms with Crippen LogP contribution in [0.15, 0.2) is 82.6 Å². The number of halogens is 1. The summed E-state index contributed by atoms with van der Waals surface area (Å²) in [5.74, 6) is 0. The molecule has 0 saturated heterocycles. The van der Waals surface area contributed by atoms with E-state index in [4.69, 9.17) is 11.6 Å². The number of nitro groups is 1. The highest BCUT2D eigenvalue weighted by Crippen LogP contribution is 2.29. The monoisotopic (exact) mass is 357 g/mol. The largest absolute Gasteiger partial charge is 0.289 e. The molecule has 6 heteroatoms. The first-order valence-corrected chi connectivity index (χ1v) is 8.60. The van der Waals surface area contributed by atoms with Crippen LogP contribution in [0.5, 0.6) is 0 Å². The lowest BCUT2D eigenvalue weighted by molar-refractivity contribution is -0.384. The molecule has 0 fully saturated rings. The topological polar surface area (TPSA) is 60.2 Å². The third-order valence-electron chi connectivity index (χ3n) is 3.50. The summed E-state index contributed by atoms with van der Waals surface area (Å²) in [6, 6.07) is 21.3. The van der Waals surface area contributed by atoms with Crippen LogP contribution in [0, 0.1) is 10.1 Å². The van der Waals surface area contributed by atoms with Crippen LogP contribution in [0.2, 0.25) is 5.02 Å². The predicted octanol–water partition coefficient (Wildman–Crippen LogP) is 5.08. The molecule has 0 aromatic heterocycles. The van der Waals surface area contributed by atoms with Crippen LogP contribution in [0.1, 0.15) is 0 Å². The van der Waals surface area contributed by atoms with Crippen molar-refractivity contribution in [3.05, 3.63) is 87.9 Å². The van der Waals surface area contributed by atoms with E-state index in [2.05, 4.69) is 0 Å². The van der Waals surface area contributed by atoms with Crippen molar-refractivity contribution >= 4 is 28.1 Å². The maximum Gasteiger partial charge on any atom is 0.289 e. The minimum Gasteiger partial charge on any atom is -0.258 e. The van der Waals surface area contributed by atoms with Crippen molar-refractivity contribution in [1.29, 1.82) is 0 Å². The van der Waals surface area contributed by atoms with Gasteiger partial charge in [0.1, 0.15) is 5.02 Å². The second-order valence-electron chi connectivity index (χ2n) is 5.03. The normalized spacial score (nSPS) is 11.9.